The Morgan fingerprint density at radius 3 is 2.09 bits per heavy atom. The maximum Gasteiger partial charge on any atom is 0.407 e. The molecule has 0 fully saturated rings. The monoisotopic (exact) mass is 453 g/mol. The molecule has 2 amide bonds. The number of ether oxygens (including phenoxy) is 1. The Hall–Kier alpha value is -3.39. The Balaban J connectivity index is 1.55. The van der Waals surface area contributed by atoms with E-state index in [1.165, 1.54) is 0 Å². The van der Waals surface area contributed by atoms with Gasteiger partial charge in [-0.25, -0.2) is 9.59 Å². The summed E-state index contributed by atoms with van der Waals surface area (Å²) in [5.74, 6) is -1.58. The summed E-state index contributed by atoms with van der Waals surface area (Å²) in [6.45, 7) is 2.21. The molecule has 3 N–H and O–H groups in total. The zero-order chi connectivity index (χ0) is 24.0. The lowest BCUT2D eigenvalue weighted by Crippen LogP contribution is -2.48. The maximum atomic E-state index is 12.5. The topological polar surface area (TPSA) is 108 Å². The van der Waals surface area contributed by atoms with Crippen LogP contribution in [-0.2, 0) is 14.3 Å². The number of fused-ring (bicyclic) bond motifs is 3. The minimum Gasteiger partial charge on any atom is -0.480 e. The largest absolute Gasteiger partial charge is 0.480 e. The molecule has 33 heavy (non-hydrogen) atoms. The van der Waals surface area contributed by atoms with Crippen LogP contribution in [0.25, 0.3) is 11.1 Å². The highest BCUT2D eigenvalue weighted by atomic mass is 16.5. The quantitative estimate of drug-likeness (QED) is 0.511. The van der Waals surface area contributed by atoms with E-state index < -0.39 is 30.1 Å². The van der Waals surface area contributed by atoms with Crippen molar-refractivity contribution in [3.8, 4) is 11.1 Å². The summed E-state index contributed by atoms with van der Waals surface area (Å²) in [6, 6.07) is 14.7. The van der Waals surface area contributed by atoms with E-state index >= 15 is 0 Å². The Kier molecular flexibility index (Phi) is 8.06. The van der Waals surface area contributed by atoms with Gasteiger partial charge >= 0.3 is 12.1 Å². The fraction of sp³-hybridized carbons (Fsp3) is 0.400. The fourth-order valence-electron chi connectivity index (χ4n) is 4.13. The van der Waals surface area contributed by atoms with Gasteiger partial charge in [0.1, 0.15) is 12.6 Å². The highest BCUT2D eigenvalue weighted by Gasteiger charge is 2.29. The van der Waals surface area contributed by atoms with Crippen LogP contribution in [0.15, 0.2) is 48.5 Å². The van der Waals surface area contributed by atoms with Crippen LogP contribution in [0.1, 0.15) is 36.8 Å². The molecular weight excluding hydrogens is 422 g/mol. The van der Waals surface area contributed by atoms with Crippen LogP contribution in [0, 0.1) is 0 Å². The van der Waals surface area contributed by atoms with Gasteiger partial charge < -0.3 is 25.4 Å². The van der Waals surface area contributed by atoms with Crippen molar-refractivity contribution in [1.29, 1.82) is 0 Å². The second-order valence-electron chi connectivity index (χ2n) is 8.50. The van der Waals surface area contributed by atoms with Crippen LogP contribution in [0.3, 0.4) is 0 Å². The van der Waals surface area contributed by atoms with Crippen LogP contribution >= 0.6 is 0 Å². The number of amides is 2. The van der Waals surface area contributed by atoms with Gasteiger partial charge in [0, 0.05) is 24.9 Å². The number of nitrogens with zero attached hydrogens (tertiary/aromatic N) is 1. The summed E-state index contributed by atoms with van der Waals surface area (Å²) in [7, 11) is 3.46. The molecule has 0 heterocycles. The molecule has 1 aliphatic rings. The van der Waals surface area contributed by atoms with Gasteiger partial charge in [0.05, 0.1) is 0 Å². The molecule has 8 nitrogen and oxygen atoms in total. The summed E-state index contributed by atoms with van der Waals surface area (Å²) >= 11 is 0. The highest BCUT2D eigenvalue weighted by Crippen LogP contribution is 2.44. The lowest BCUT2D eigenvalue weighted by molar-refractivity contribution is -0.142. The van der Waals surface area contributed by atoms with Gasteiger partial charge in [-0.15, -0.1) is 0 Å². The van der Waals surface area contributed by atoms with Gasteiger partial charge in [-0.3, -0.25) is 4.79 Å². The van der Waals surface area contributed by atoms with Gasteiger partial charge in [-0.2, -0.15) is 0 Å². The summed E-state index contributed by atoms with van der Waals surface area (Å²) in [4.78, 5) is 37.9. The van der Waals surface area contributed by atoms with Crippen molar-refractivity contribution in [2.75, 3.05) is 27.2 Å². The van der Waals surface area contributed by atoms with Gasteiger partial charge in [-0.05, 0) is 42.8 Å². The number of alkyl carbamates (subject to hydrolysis) is 1. The van der Waals surface area contributed by atoms with Crippen LogP contribution in [0.2, 0.25) is 0 Å². The van der Waals surface area contributed by atoms with Crippen LogP contribution in [0.5, 0.6) is 0 Å². The summed E-state index contributed by atoms with van der Waals surface area (Å²) in [5, 5.41) is 14.5. The standard InChI is InChI=1S/C25H31N3O5/c1-4-16(13-23(29)27-22(24(30)31)14-28(2)3)26-25(32)33-15-21-19-11-7-5-9-17(19)18-10-6-8-12-20(18)21/h5-12,16,21-22H,4,13-15H2,1-3H3,(H,26,32)(H,27,29)(H,30,31)/t16-,22+/m1/s1. The summed E-state index contributed by atoms with van der Waals surface area (Å²) < 4.78 is 5.54. The fourth-order valence-corrected chi connectivity index (χ4v) is 4.13. The predicted octanol–water partition coefficient (Wildman–Crippen LogP) is 2.82. The van der Waals surface area contributed by atoms with Gasteiger partial charge in [0.2, 0.25) is 5.91 Å². The molecular formula is C25H31N3O5. The smallest absolute Gasteiger partial charge is 0.407 e. The average Bonchev–Trinajstić information content (AvgIpc) is 3.10. The Morgan fingerprint density at radius 1 is 1.00 bits per heavy atom. The first-order chi connectivity index (χ1) is 15.8. The second kappa shape index (κ2) is 11.0. The van der Waals surface area contributed by atoms with E-state index in [-0.39, 0.29) is 25.5 Å². The van der Waals surface area contributed by atoms with Crippen molar-refractivity contribution in [1.82, 2.24) is 15.5 Å². The number of nitrogens with one attached hydrogen (secondary N) is 2. The molecule has 0 saturated heterocycles. The minimum absolute atomic E-state index is 0.0299. The molecule has 0 aromatic heterocycles. The molecule has 2 atom stereocenters. The van der Waals surface area contributed by atoms with E-state index in [1.54, 1.807) is 19.0 Å². The molecule has 2 aromatic carbocycles. The van der Waals surface area contributed by atoms with Crippen LogP contribution < -0.4 is 10.6 Å². The normalized spacial score (nSPS) is 14.2. The first-order valence-electron chi connectivity index (χ1n) is 11.1. The summed E-state index contributed by atoms with van der Waals surface area (Å²) in [5.41, 5.74) is 4.55. The van der Waals surface area contributed by atoms with Crippen molar-refractivity contribution in [3.05, 3.63) is 59.7 Å². The zero-order valence-corrected chi connectivity index (χ0v) is 19.2. The van der Waals surface area contributed by atoms with Crippen molar-refractivity contribution in [2.45, 2.75) is 37.8 Å². The van der Waals surface area contributed by atoms with E-state index in [4.69, 9.17) is 4.74 Å². The number of carbonyl (C=O) groups is 3. The minimum atomic E-state index is -1.10. The second-order valence-corrected chi connectivity index (χ2v) is 8.50. The van der Waals surface area contributed by atoms with E-state index in [0.29, 0.717) is 6.42 Å². The number of rotatable bonds is 10. The Morgan fingerprint density at radius 2 is 1.58 bits per heavy atom. The highest BCUT2D eigenvalue weighted by molar-refractivity contribution is 5.84. The number of benzene rings is 2. The first-order valence-corrected chi connectivity index (χ1v) is 11.1. The third-order valence-corrected chi connectivity index (χ3v) is 5.77. The first kappa shape index (κ1) is 24.3. The van der Waals surface area contributed by atoms with Crippen molar-refractivity contribution < 1.29 is 24.2 Å². The average molecular weight is 454 g/mol. The molecule has 1 aliphatic carbocycles. The SMILES string of the molecule is CC[C@H](CC(=O)N[C@@H](CN(C)C)C(=O)O)NC(=O)OCC1c2ccccc2-c2ccccc21. The molecule has 0 saturated carbocycles. The third kappa shape index (κ3) is 6.10. The molecule has 176 valence electrons. The molecule has 0 spiro atoms. The van der Waals surface area contributed by atoms with E-state index in [1.807, 2.05) is 43.3 Å². The number of likely N-dealkylation sites (N-methyl/N-ethyl adjacent to an activating group) is 1. The lowest BCUT2D eigenvalue weighted by Gasteiger charge is -2.21. The van der Waals surface area contributed by atoms with E-state index in [2.05, 4.69) is 22.8 Å². The van der Waals surface area contributed by atoms with Crippen LogP contribution in [-0.4, -0.2) is 67.3 Å². The number of hydrogen-bond acceptors (Lipinski definition) is 5. The van der Waals surface area contributed by atoms with Crippen molar-refractivity contribution >= 4 is 18.0 Å². The molecule has 8 heteroatoms. The molecule has 0 unspecified atom stereocenters. The van der Waals surface area contributed by atoms with Gasteiger partial charge in [-0.1, -0.05) is 55.5 Å². The number of aliphatic carboxylic acids is 1. The van der Waals surface area contributed by atoms with Gasteiger partial charge in [0.25, 0.3) is 0 Å². The molecule has 0 bridgehead atoms. The number of carboxylic acid groups (broad SMARTS) is 1. The van der Waals surface area contributed by atoms with Crippen LogP contribution in [0.4, 0.5) is 4.79 Å². The molecule has 0 radical (unpaired) electrons. The van der Waals surface area contributed by atoms with Gasteiger partial charge in [0.15, 0.2) is 0 Å². The zero-order valence-electron chi connectivity index (χ0n) is 19.2. The number of carboxylic acids is 1. The van der Waals surface area contributed by atoms with E-state index in [9.17, 15) is 19.5 Å². The summed E-state index contributed by atoms with van der Waals surface area (Å²) in [6.07, 6.45) is -0.124. The number of hydrogen-bond donors (Lipinski definition) is 3. The lowest BCUT2D eigenvalue weighted by atomic mass is 9.98. The molecule has 3 rings (SSSR count). The Bertz CT molecular complexity index is 962. The number of carbonyl (C=O) groups excluding carboxylic acids is 2. The van der Waals surface area contributed by atoms with E-state index in [0.717, 1.165) is 22.3 Å². The van der Waals surface area contributed by atoms with Crippen molar-refractivity contribution in [2.24, 2.45) is 0 Å². The molecule has 0 aliphatic heterocycles. The maximum absolute atomic E-state index is 12.5. The Labute approximate surface area is 193 Å². The predicted molar refractivity (Wildman–Crippen MR) is 125 cm³/mol. The van der Waals surface area contributed by atoms with Crippen molar-refractivity contribution in [3.63, 3.8) is 0 Å². The third-order valence-electron chi connectivity index (χ3n) is 5.77. The molecule has 2 aromatic rings.